The van der Waals surface area contributed by atoms with Gasteiger partial charge < -0.3 is 19.9 Å². The minimum atomic E-state index is -0.483. The number of ether oxygens (including phenoxy) is 3. The van der Waals surface area contributed by atoms with Gasteiger partial charge in [0.2, 0.25) is 11.6 Å². The molecule has 1 saturated heterocycles. The lowest BCUT2D eigenvalue weighted by Gasteiger charge is -2.45. The van der Waals surface area contributed by atoms with Crippen molar-refractivity contribution in [3.8, 4) is 5.75 Å². The van der Waals surface area contributed by atoms with Gasteiger partial charge in [0.25, 0.3) is 0 Å². The van der Waals surface area contributed by atoms with Crippen molar-refractivity contribution < 1.29 is 28.6 Å². The first-order valence-corrected chi connectivity index (χ1v) is 14.7. The number of esters is 1. The van der Waals surface area contributed by atoms with Gasteiger partial charge in [-0.2, -0.15) is 0 Å². The van der Waals surface area contributed by atoms with Crippen LogP contribution < -0.4 is 10.5 Å². The molecule has 0 saturated carbocycles. The third-order valence-electron chi connectivity index (χ3n) is 7.68. The van der Waals surface area contributed by atoms with Crippen LogP contribution in [0.3, 0.4) is 0 Å². The van der Waals surface area contributed by atoms with E-state index >= 15 is 0 Å². The van der Waals surface area contributed by atoms with Gasteiger partial charge in [0.1, 0.15) is 34.7 Å². The van der Waals surface area contributed by atoms with E-state index in [1.165, 1.54) is 17.3 Å². The van der Waals surface area contributed by atoms with Crippen LogP contribution in [0.5, 0.6) is 5.75 Å². The summed E-state index contributed by atoms with van der Waals surface area (Å²) in [6.07, 6.45) is 1.01. The van der Waals surface area contributed by atoms with E-state index in [9.17, 15) is 14.4 Å². The standard InChI is InChI=1S/C31H36N2O6S.ClH/c1-30(2,3)20-8-10-21(11-9-20)37-18-22(38-25(34)16-32)17-33-14-12-31(13-15-33)19-40-29-27(36)26(35)23-6-4-5-7-24(23)28(29)39-31;/h4-11,22H,12-19,32H2,1-3H3;1H/t22-;/m0./s1. The predicted octanol–water partition coefficient (Wildman–Crippen LogP) is 4.39. The normalized spacial score (nSPS) is 19.0. The number of nitrogens with zero attached hydrogens (tertiary/aromatic N) is 1. The van der Waals surface area contributed by atoms with Gasteiger partial charge in [-0.3, -0.25) is 19.3 Å². The second kappa shape index (κ2) is 12.6. The van der Waals surface area contributed by atoms with Crippen LogP contribution in [0.4, 0.5) is 0 Å². The zero-order chi connectivity index (χ0) is 28.5. The Labute approximate surface area is 251 Å². The van der Waals surface area contributed by atoms with Gasteiger partial charge in [-0.15, -0.1) is 24.2 Å². The maximum Gasteiger partial charge on any atom is 0.320 e. The largest absolute Gasteiger partial charge is 0.490 e. The molecule has 2 N–H and O–H groups in total. The summed E-state index contributed by atoms with van der Waals surface area (Å²) in [4.78, 5) is 40.0. The number of fused-ring (bicyclic) bond motifs is 2. The Morgan fingerprint density at radius 3 is 2.34 bits per heavy atom. The first-order valence-electron chi connectivity index (χ1n) is 13.7. The van der Waals surface area contributed by atoms with Crippen LogP contribution in [-0.4, -0.2) is 72.7 Å². The number of carbonyl (C=O) groups excluding carboxylic acids is 3. The average Bonchev–Trinajstić information content (AvgIpc) is 2.95. The summed E-state index contributed by atoms with van der Waals surface area (Å²) < 4.78 is 18.2. The summed E-state index contributed by atoms with van der Waals surface area (Å²) in [5.74, 6) is 0.444. The summed E-state index contributed by atoms with van der Waals surface area (Å²) in [6, 6.07) is 15.1. The topological polar surface area (TPSA) is 108 Å². The summed E-state index contributed by atoms with van der Waals surface area (Å²) in [6.45, 7) is 8.49. The van der Waals surface area contributed by atoms with Gasteiger partial charge in [-0.25, -0.2) is 0 Å². The molecule has 10 heteroatoms. The smallest absolute Gasteiger partial charge is 0.320 e. The van der Waals surface area contributed by atoms with E-state index in [0.29, 0.717) is 34.1 Å². The molecule has 2 aromatic rings. The molecular weight excluding hydrogens is 564 g/mol. The Bertz CT molecular complexity index is 1330. The average molecular weight is 601 g/mol. The SMILES string of the molecule is CC(C)(C)c1ccc(OC[C@H](CN2CCC3(CC2)CSC2=C(O3)c3ccccc3C(=O)C2=O)OC(=O)CN)cc1.Cl. The minimum absolute atomic E-state index is 0. The van der Waals surface area contributed by atoms with Crippen molar-refractivity contribution in [3.05, 3.63) is 70.1 Å². The highest BCUT2D eigenvalue weighted by molar-refractivity contribution is 8.04. The fourth-order valence-electron chi connectivity index (χ4n) is 5.29. The Balaban J connectivity index is 0.00000387. The quantitative estimate of drug-likeness (QED) is 0.366. The van der Waals surface area contributed by atoms with Gasteiger partial charge in [-0.1, -0.05) is 57.2 Å². The molecule has 0 unspecified atom stereocenters. The van der Waals surface area contributed by atoms with Crippen molar-refractivity contribution in [1.82, 2.24) is 4.90 Å². The number of carbonyl (C=O) groups is 3. The third-order valence-corrected chi connectivity index (χ3v) is 9.01. The number of hydrogen-bond donors (Lipinski definition) is 1. The fraction of sp³-hybridized carbons (Fsp3) is 0.452. The molecule has 41 heavy (non-hydrogen) atoms. The number of piperidine rings is 1. The van der Waals surface area contributed by atoms with E-state index in [1.807, 2.05) is 24.3 Å². The van der Waals surface area contributed by atoms with Gasteiger partial charge in [0, 0.05) is 49.4 Å². The molecule has 2 aliphatic heterocycles. The highest BCUT2D eigenvalue weighted by atomic mass is 35.5. The van der Waals surface area contributed by atoms with Crippen molar-refractivity contribution in [2.75, 3.05) is 38.5 Å². The fourth-order valence-corrected chi connectivity index (χ4v) is 6.55. The molecule has 0 bridgehead atoms. The van der Waals surface area contributed by atoms with Crippen molar-refractivity contribution in [1.29, 1.82) is 0 Å². The summed E-state index contributed by atoms with van der Waals surface area (Å²) in [5, 5.41) is 0. The number of ketones is 2. The first kappa shape index (κ1) is 31.1. The number of nitrogens with two attached hydrogens (primary N) is 1. The predicted molar refractivity (Wildman–Crippen MR) is 161 cm³/mol. The van der Waals surface area contributed by atoms with Gasteiger partial charge in [0.15, 0.2) is 0 Å². The number of benzene rings is 2. The highest BCUT2D eigenvalue weighted by Crippen LogP contribution is 2.47. The van der Waals surface area contributed by atoms with E-state index < -0.39 is 29.2 Å². The molecule has 3 aliphatic rings. The molecule has 1 spiro atoms. The van der Waals surface area contributed by atoms with Gasteiger partial charge in [0.05, 0.1) is 6.54 Å². The Morgan fingerprint density at radius 1 is 1.05 bits per heavy atom. The second-order valence-corrected chi connectivity index (χ2v) is 12.6. The molecule has 0 amide bonds. The zero-order valence-corrected chi connectivity index (χ0v) is 25.3. The van der Waals surface area contributed by atoms with Crippen molar-refractivity contribution in [2.45, 2.75) is 50.7 Å². The van der Waals surface area contributed by atoms with Crippen molar-refractivity contribution >= 4 is 47.5 Å². The van der Waals surface area contributed by atoms with Crippen molar-refractivity contribution in [3.63, 3.8) is 0 Å². The lowest BCUT2D eigenvalue weighted by atomic mass is 9.87. The van der Waals surface area contributed by atoms with Crippen LogP contribution >= 0.6 is 24.2 Å². The van der Waals surface area contributed by atoms with Gasteiger partial charge >= 0.3 is 5.97 Å². The Hall–Kier alpha value is -2.85. The van der Waals surface area contributed by atoms with Crippen LogP contribution in [0, 0.1) is 0 Å². The summed E-state index contributed by atoms with van der Waals surface area (Å²) in [7, 11) is 0. The monoisotopic (exact) mass is 600 g/mol. The molecule has 8 nitrogen and oxygen atoms in total. The second-order valence-electron chi connectivity index (χ2n) is 11.6. The molecule has 2 heterocycles. The van der Waals surface area contributed by atoms with Gasteiger partial charge in [-0.05, 0) is 23.1 Å². The number of hydrogen-bond acceptors (Lipinski definition) is 9. The lowest BCUT2D eigenvalue weighted by Crippen LogP contribution is -2.51. The van der Waals surface area contributed by atoms with E-state index in [4.69, 9.17) is 19.9 Å². The van der Waals surface area contributed by atoms with Crippen LogP contribution in [0.25, 0.3) is 5.76 Å². The summed E-state index contributed by atoms with van der Waals surface area (Å²) in [5.41, 5.74) is 7.45. The zero-order valence-electron chi connectivity index (χ0n) is 23.6. The summed E-state index contributed by atoms with van der Waals surface area (Å²) >= 11 is 1.43. The maximum atomic E-state index is 12.7. The highest BCUT2D eigenvalue weighted by Gasteiger charge is 2.46. The first-order chi connectivity index (χ1) is 19.1. The molecule has 2 aromatic carbocycles. The molecule has 1 fully saturated rings. The molecular formula is C31H37ClN2O6S. The molecule has 1 aliphatic carbocycles. The van der Waals surface area contributed by atoms with Crippen LogP contribution in [-0.2, 0) is 24.5 Å². The number of thioether (sulfide) groups is 1. The molecule has 220 valence electrons. The van der Waals surface area contributed by atoms with E-state index in [1.54, 1.807) is 12.1 Å². The molecule has 1 atom stereocenters. The van der Waals surface area contributed by atoms with Crippen LogP contribution in [0.15, 0.2) is 53.4 Å². The number of allylic oxidation sites excluding steroid dienone is 1. The third kappa shape index (κ3) is 6.80. The maximum absolute atomic E-state index is 12.7. The number of likely N-dealkylation sites (tertiary alicyclic amines) is 1. The molecule has 0 radical (unpaired) electrons. The molecule has 0 aromatic heterocycles. The van der Waals surface area contributed by atoms with Crippen LogP contribution in [0.1, 0.15) is 55.1 Å². The van der Waals surface area contributed by atoms with Crippen molar-refractivity contribution in [2.24, 2.45) is 5.73 Å². The Morgan fingerprint density at radius 2 is 1.71 bits per heavy atom. The number of halogens is 1. The Kier molecular flexibility index (Phi) is 9.53. The molecule has 5 rings (SSSR count). The number of Topliss-reactive ketones (excluding diaryl/α,β-unsaturated/α-hetero) is 2. The van der Waals surface area contributed by atoms with E-state index in [-0.39, 0.29) is 31.0 Å². The van der Waals surface area contributed by atoms with E-state index in [0.717, 1.165) is 31.7 Å². The minimum Gasteiger partial charge on any atom is -0.490 e. The van der Waals surface area contributed by atoms with E-state index in [2.05, 4.69) is 37.8 Å². The lowest BCUT2D eigenvalue weighted by molar-refractivity contribution is -0.150. The number of rotatable bonds is 7. The van der Waals surface area contributed by atoms with Crippen LogP contribution in [0.2, 0.25) is 0 Å².